The normalized spacial score (nSPS) is 11.6. The smallest absolute Gasteiger partial charge is 0.272 e. The molecule has 0 aliphatic rings. The van der Waals surface area contributed by atoms with Crippen LogP contribution in [0.5, 0.6) is 17.2 Å². The summed E-state index contributed by atoms with van der Waals surface area (Å²) < 4.78 is 16.1. The summed E-state index contributed by atoms with van der Waals surface area (Å²) in [6.07, 6.45) is 1.61. The van der Waals surface area contributed by atoms with E-state index in [0.717, 1.165) is 4.90 Å². The molecule has 10 heteroatoms. The lowest BCUT2D eigenvalue weighted by Gasteiger charge is -2.15. The Hall–Kier alpha value is -5.22. The van der Waals surface area contributed by atoms with Crippen LogP contribution in [0.1, 0.15) is 29.8 Å². The van der Waals surface area contributed by atoms with Gasteiger partial charge in [0.1, 0.15) is 22.9 Å². The fourth-order valence-corrected chi connectivity index (χ4v) is 5.01. The fraction of sp³-hybridized carbons (Fsp3) is 0.171. The molecule has 4 aromatic carbocycles. The molecule has 1 atom stereocenters. The van der Waals surface area contributed by atoms with E-state index in [1.807, 2.05) is 25.1 Å². The van der Waals surface area contributed by atoms with Gasteiger partial charge in [-0.05, 0) is 86.2 Å². The topological polar surface area (TPSA) is 115 Å². The van der Waals surface area contributed by atoms with E-state index in [1.165, 1.54) is 18.9 Å². The first-order valence-corrected chi connectivity index (χ1v) is 15.1. The summed E-state index contributed by atoms with van der Waals surface area (Å²) in [5.74, 6) is 0.731. The molecule has 1 unspecified atom stereocenters. The van der Waals surface area contributed by atoms with Crippen LogP contribution in [0, 0.1) is 0 Å². The van der Waals surface area contributed by atoms with Gasteiger partial charge in [-0.3, -0.25) is 14.4 Å². The highest BCUT2D eigenvalue weighted by Crippen LogP contribution is 2.31. The monoisotopic (exact) mass is 625 g/mol. The van der Waals surface area contributed by atoms with E-state index in [1.54, 1.807) is 99.0 Å². The number of benzene rings is 4. The number of hydrogen-bond donors (Lipinski definition) is 3. The molecule has 0 aromatic heterocycles. The Balaban J connectivity index is 1.43. The number of nitrogens with one attached hydrogen (secondary N) is 3. The maximum absolute atomic E-state index is 13.4. The van der Waals surface area contributed by atoms with Crippen LogP contribution in [-0.2, 0) is 9.59 Å². The molecule has 0 heterocycles. The number of thioether (sulfide) groups is 1. The molecule has 0 bridgehead atoms. The van der Waals surface area contributed by atoms with Crippen LogP contribution in [-0.4, -0.2) is 43.8 Å². The SMILES string of the molecule is CCOc1ccc(/C=C(\NC(=O)c2ccccc2)C(=O)Nc2ccc(SC(C)C(=O)Nc3ccc(OC)cc3OC)cc2)cc1. The van der Waals surface area contributed by atoms with Crippen LogP contribution < -0.4 is 30.2 Å². The van der Waals surface area contributed by atoms with Crippen molar-refractivity contribution in [1.29, 1.82) is 0 Å². The molecular formula is C35H35N3O6S. The van der Waals surface area contributed by atoms with Crippen LogP contribution in [0.15, 0.2) is 108 Å². The molecule has 0 aliphatic carbocycles. The zero-order chi connectivity index (χ0) is 32.2. The third-order valence-corrected chi connectivity index (χ3v) is 7.60. The number of rotatable bonds is 13. The second-order valence-corrected chi connectivity index (χ2v) is 11.1. The number of ether oxygens (including phenoxy) is 3. The van der Waals surface area contributed by atoms with E-state index >= 15 is 0 Å². The molecular weight excluding hydrogens is 590 g/mol. The molecule has 0 saturated heterocycles. The number of hydrogen-bond acceptors (Lipinski definition) is 7. The lowest BCUT2D eigenvalue weighted by Crippen LogP contribution is -2.30. The van der Waals surface area contributed by atoms with Crippen LogP contribution in [0.2, 0.25) is 0 Å². The van der Waals surface area contributed by atoms with Crippen molar-refractivity contribution in [2.45, 2.75) is 24.0 Å². The highest BCUT2D eigenvalue weighted by Gasteiger charge is 2.18. The number of carbonyl (C=O) groups is 3. The van der Waals surface area contributed by atoms with Crippen molar-refractivity contribution >= 4 is 46.9 Å². The molecule has 4 rings (SSSR count). The van der Waals surface area contributed by atoms with Gasteiger partial charge in [0.25, 0.3) is 11.8 Å². The summed E-state index contributed by atoms with van der Waals surface area (Å²) in [6, 6.07) is 28.2. The van der Waals surface area contributed by atoms with Gasteiger partial charge in [0, 0.05) is 22.2 Å². The van der Waals surface area contributed by atoms with Gasteiger partial charge in [-0.25, -0.2) is 0 Å². The van der Waals surface area contributed by atoms with Crippen molar-refractivity contribution in [3.8, 4) is 17.2 Å². The molecule has 4 aromatic rings. The third kappa shape index (κ3) is 9.38. The Labute approximate surface area is 267 Å². The second-order valence-electron chi connectivity index (χ2n) is 9.67. The number of methoxy groups -OCH3 is 2. The Morgan fingerprint density at radius 2 is 1.51 bits per heavy atom. The lowest BCUT2D eigenvalue weighted by molar-refractivity contribution is -0.115. The van der Waals surface area contributed by atoms with E-state index < -0.39 is 17.1 Å². The molecule has 3 amide bonds. The Bertz CT molecular complexity index is 1640. The van der Waals surface area contributed by atoms with Crippen LogP contribution in [0.25, 0.3) is 6.08 Å². The van der Waals surface area contributed by atoms with Crippen LogP contribution in [0.4, 0.5) is 11.4 Å². The van der Waals surface area contributed by atoms with E-state index in [2.05, 4.69) is 16.0 Å². The van der Waals surface area contributed by atoms with Gasteiger partial charge in [0.15, 0.2) is 0 Å². The minimum absolute atomic E-state index is 0.0747. The summed E-state index contributed by atoms with van der Waals surface area (Å²) >= 11 is 1.37. The highest BCUT2D eigenvalue weighted by molar-refractivity contribution is 8.00. The Kier molecular flexibility index (Phi) is 11.6. The molecule has 232 valence electrons. The third-order valence-electron chi connectivity index (χ3n) is 6.49. The zero-order valence-corrected chi connectivity index (χ0v) is 26.3. The van der Waals surface area contributed by atoms with Crippen molar-refractivity contribution in [2.75, 3.05) is 31.5 Å². The molecule has 0 aliphatic heterocycles. The standard InChI is InChI=1S/C35H35N3O6S/c1-5-44-27-15-11-24(12-16-27)21-31(38-34(40)25-9-7-6-8-10-25)35(41)36-26-13-18-29(19-14-26)45-23(2)33(39)37-30-20-17-28(42-3)22-32(30)43-4/h6-23H,5H2,1-4H3,(H,36,41)(H,37,39)(H,38,40)/b31-21-. The minimum Gasteiger partial charge on any atom is -0.497 e. The fourth-order valence-electron chi connectivity index (χ4n) is 4.15. The van der Waals surface area contributed by atoms with Crippen LogP contribution in [0.3, 0.4) is 0 Å². The molecule has 0 fully saturated rings. The van der Waals surface area contributed by atoms with Crippen molar-refractivity contribution < 1.29 is 28.6 Å². The Morgan fingerprint density at radius 1 is 0.822 bits per heavy atom. The van der Waals surface area contributed by atoms with Crippen molar-refractivity contribution in [2.24, 2.45) is 0 Å². The summed E-state index contributed by atoms with van der Waals surface area (Å²) in [6.45, 7) is 4.25. The van der Waals surface area contributed by atoms with E-state index in [0.29, 0.717) is 46.4 Å². The number of carbonyl (C=O) groups excluding carboxylic acids is 3. The predicted octanol–water partition coefficient (Wildman–Crippen LogP) is 6.63. The number of amides is 3. The van der Waals surface area contributed by atoms with Gasteiger partial charge in [0.2, 0.25) is 5.91 Å². The van der Waals surface area contributed by atoms with Gasteiger partial charge >= 0.3 is 0 Å². The van der Waals surface area contributed by atoms with Gasteiger partial charge in [-0.1, -0.05) is 30.3 Å². The van der Waals surface area contributed by atoms with Crippen LogP contribution >= 0.6 is 11.8 Å². The minimum atomic E-state index is -0.491. The first-order chi connectivity index (χ1) is 21.8. The van der Waals surface area contributed by atoms with Crippen molar-refractivity contribution in [3.63, 3.8) is 0 Å². The summed E-state index contributed by atoms with van der Waals surface area (Å²) in [7, 11) is 3.09. The molecule has 9 nitrogen and oxygen atoms in total. The number of anilines is 2. The maximum Gasteiger partial charge on any atom is 0.272 e. The molecule has 0 saturated carbocycles. The Morgan fingerprint density at radius 3 is 2.16 bits per heavy atom. The average Bonchev–Trinajstić information content (AvgIpc) is 3.06. The first-order valence-electron chi connectivity index (χ1n) is 14.2. The van der Waals surface area contributed by atoms with Crippen molar-refractivity contribution in [1.82, 2.24) is 5.32 Å². The maximum atomic E-state index is 13.4. The zero-order valence-electron chi connectivity index (χ0n) is 25.5. The highest BCUT2D eigenvalue weighted by atomic mass is 32.2. The van der Waals surface area contributed by atoms with E-state index in [-0.39, 0.29) is 11.6 Å². The lowest BCUT2D eigenvalue weighted by atomic mass is 10.1. The molecule has 3 N–H and O–H groups in total. The summed E-state index contributed by atoms with van der Waals surface area (Å²) in [4.78, 5) is 40.0. The molecule has 0 radical (unpaired) electrons. The van der Waals surface area contributed by atoms with Gasteiger partial charge in [0.05, 0.1) is 31.8 Å². The molecule has 0 spiro atoms. The summed E-state index contributed by atoms with van der Waals surface area (Å²) in [5, 5.41) is 8.06. The van der Waals surface area contributed by atoms with Gasteiger partial charge in [-0.2, -0.15) is 0 Å². The van der Waals surface area contributed by atoms with Gasteiger partial charge in [-0.15, -0.1) is 11.8 Å². The summed E-state index contributed by atoms with van der Waals surface area (Å²) in [5.41, 5.74) is 2.28. The first kappa shape index (κ1) is 32.7. The molecule has 45 heavy (non-hydrogen) atoms. The van der Waals surface area contributed by atoms with E-state index in [4.69, 9.17) is 14.2 Å². The van der Waals surface area contributed by atoms with E-state index in [9.17, 15) is 14.4 Å². The largest absolute Gasteiger partial charge is 0.497 e. The van der Waals surface area contributed by atoms with Crippen molar-refractivity contribution in [3.05, 3.63) is 114 Å². The van der Waals surface area contributed by atoms with Gasteiger partial charge < -0.3 is 30.2 Å². The quantitative estimate of drug-likeness (QED) is 0.113. The second kappa shape index (κ2) is 16.0. The predicted molar refractivity (Wildman–Crippen MR) is 178 cm³/mol. The average molecular weight is 626 g/mol.